The Hall–Kier alpha value is -1.51. The molecule has 1 aliphatic rings. The van der Waals surface area contributed by atoms with Crippen LogP contribution < -0.4 is 0 Å². The zero-order valence-corrected chi connectivity index (χ0v) is 9.26. The highest BCUT2D eigenvalue weighted by molar-refractivity contribution is 5.67. The third kappa shape index (κ3) is 2.99. The van der Waals surface area contributed by atoms with E-state index in [1.54, 1.807) is 4.90 Å². The maximum atomic E-state index is 11.7. The Morgan fingerprint density at radius 1 is 1.31 bits per heavy atom. The second kappa shape index (κ2) is 5.54. The van der Waals surface area contributed by atoms with Crippen LogP contribution in [0.15, 0.2) is 30.3 Å². The molecule has 1 fully saturated rings. The average Bonchev–Trinajstić information content (AvgIpc) is 2.38. The lowest BCUT2D eigenvalue weighted by molar-refractivity contribution is 0.0949. The number of rotatable bonds is 2. The van der Waals surface area contributed by atoms with Gasteiger partial charge < -0.3 is 9.64 Å². The molecule has 3 nitrogen and oxygen atoms in total. The summed E-state index contributed by atoms with van der Waals surface area (Å²) in [6.07, 6.45) is 4.05. The highest BCUT2D eigenvalue weighted by Crippen LogP contribution is 2.10. The summed E-state index contributed by atoms with van der Waals surface area (Å²) < 4.78 is 5.23. The zero-order valence-electron chi connectivity index (χ0n) is 9.26. The van der Waals surface area contributed by atoms with Crippen LogP contribution in [0.5, 0.6) is 0 Å². The first-order valence-electron chi connectivity index (χ1n) is 5.63. The molecule has 1 amide bonds. The van der Waals surface area contributed by atoms with E-state index in [2.05, 4.69) is 6.42 Å². The third-order valence-corrected chi connectivity index (χ3v) is 2.65. The molecule has 1 heterocycles. The monoisotopic (exact) mass is 218 g/mol. The minimum absolute atomic E-state index is 0.209. The van der Waals surface area contributed by atoms with Gasteiger partial charge in [-0.15, -0.1) is 0 Å². The highest BCUT2D eigenvalue weighted by atomic mass is 16.6. The predicted molar refractivity (Wildman–Crippen MR) is 61.7 cm³/mol. The van der Waals surface area contributed by atoms with E-state index in [0.717, 1.165) is 24.9 Å². The molecular weight excluding hydrogens is 202 g/mol. The molecule has 0 N–H and O–H groups in total. The minimum atomic E-state index is -0.209. The van der Waals surface area contributed by atoms with Gasteiger partial charge in [0.25, 0.3) is 0 Å². The van der Waals surface area contributed by atoms with Crippen LogP contribution in [0.4, 0.5) is 4.79 Å². The Labute approximate surface area is 96.0 Å². The predicted octanol–water partition coefficient (Wildman–Crippen LogP) is 2.62. The van der Waals surface area contributed by atoms with Gasteiger partial charge in [-0.05, 0) is 24.8 Å². The third-order valence-electron chi connectivity index (χ3n) is 2.65. The standard InChI is InChI=1S/C13H16NO2/c15-13(14-9-5-2-6-10-14)16-11-12-7-3-1-4-8-12/h1,3-5,7-8H,2,6,9-11H2. The summed E-state index contributed by atoms with van der Waals surface area (Å²) >= 11 is 0. The molecule has 0 aromatic heterocycles. The van der Waals surface area contributed by atoms with Crippen molar-refractivity contribution in [1.29, 1.82) is 0 Å². The van der Waals surface area contributed by atoms with E-state index in [9.17, 15) is 4.79 Å². The molecule has 1 radical (unpaired) electrons. The van der Waals surface area contributed by atoms with Crippen molar-refractivity contribution in [3.8, 4) is 0 Å². The molecule has 1 aliphatic heterocycles. The maximum absolute atomic E-state index is 11.7. The number of carbonyl (C=O) groups is 1. The summed E-state index contributed by atoms with van der Waals surface area (Å²) in [7, 11) is 0. The van der Waals surface area contributed by atoms with E-state index in [1.807, 2.05) is 30.3 Å². The summed E-state index contributed by atoms with van der Waals surface area (Å²) in [5, 5.41) is 0. The van der Waals surface area contributed by atoms with Gasteiger partial charge in [-0.3, -0.25) is 0 Å². The number of carbonyl (C=O) groups excluding carboxylic acids is 1. The SMILES string of the molecule is O=C(OCc1ccccc1)N1C[CH]CCC1. The second-order valence-electron chi connectivity index (χ2n) is 3.92. The number of hydrogen-bond acceptors (Lipinski definition) is 2. The van der Waals surface area contributed by atoms with Gasteiger partial charge >= 0.3 is 6.09 Å². The summed E-state index contributed by atoms with van der Waals surface area (Å²) in [6.45, 7) is 1.88. The van der Waals surface area contributed by atoms with Gasteiger partial charge in [0, 0.05) is 13.1 Å². The van der Waals surface area contributed by atoms with Crippen LogP contribution >= 0.6 is 0 Å². The minimum Gasteiger partial charge on any atom is -0.445 e. The topological polar surface area (TPSA) is 29.5 Å². The normalized spacial score (nSPS) is 15.9. The van der Waals surface area contributed by atoms with Crippen LogP contribution in [-0.4, -0.2) is 24.1 Å². The van der Waals surface area contributed by atoms with Crippen molar-refractivity contribution in [2.45, 2.75) is 19.4 Å². The number of piperidine rings is 1. The molecule has 0 saturated carbocycles. The molecule has 0 aliphatic carbocycles. The van der Waals surface area contributed by atoms with Crippen LogP contribution in [0.2, 0.25) is 0 Å². The van der Waals surface area contributed by atoms with Crippen molar-refractivity contribution < 1.29 is 9.53 Å². The number of amides is 1. The lowest BCUT2D eigenvalue weighted by atomic mass is 10.1. The Morgan fingerprint density at radius 2 is 2.12 bits per heavy atom. The van der Waals surface area contributed by atoms with Gasteiger partial charge in [0.1, 0.15) is 6.61 Å². The van der Waals surface area contributed by atoms with E-state index >= 15 is 0 Å². The fourth-order valence-electron chi connectivity index (χ4n) is 1.74. The van der Waals surface area contributed by atoms with Crippen LogP contribution in [0.3, 0.4) is 0 Å². The lowest BCUT2D eigenvalue weighted by Crippen LogP contribution is -2.36. The van der Waals surface area contributed by atoms with Crippen LogP contribution in [0, 0.1) is 6.42 Å². The Balaban J connectivity index is 1.79. The van der Waals surface area contributed by atoms with Crippen molar-refractivity contribution in [1.82, 2.24) is 4.90 Å². The molecule has 0 spiro atoms. The van der Waals surface area contributed by atoms with Gasteiger partial charge in [-0.1, -0.05) is 30.3 Å². The van der Waals surface area contributed by atoms with E-state index in [4.69, 9.17) is 4.74 Å². The first kappa shape index (κ1) is 11.0. The number of benzene rings is 1. The fraction of sp³-hybridized carbons (Fsp3) is 0.385. The quantitative estimate of drug-likeness (QED) is 0.763. The summed E-state index contributed by atoms with van der Waals surface area (Å²) in [4.78, 5) is 13.4. The second-order valence-corrected chi connectivity index (χ2v) is 3.92. The van der Waals surface area contributed by atoms with Crippen molar-refractivity contribution in [2.24, 2.45) is 0 Å². The largest absolute Gasteiger partial charge is 0.445 e. The summed E-state index contributed by atoms with van der Waals surface area (Å²) in [5.74, 6) is 0. The molecule has 3 heteroatoms. The van der Waals surface area contributed by atoms with E-state index in [0.29, 0.717) is 13.2 Å². The number of ether oxygens (including phenoxy) is 1. The van der Waals surface area contributed by atoms with Crippen molar-refractivity contribution in [3.05, 3.63) is 42.3 Å². The molecule has 1 aromatic rings. The fourth-order valence-corrected chi connectivity index (χ4v) is 1.74. The molecule has 1 saturated heterocycles. The molecule has 0 atom stereocenters. The molecule has 0 bridgehead atoms. The van der Waals surface area contributed by atoms with Crippen molar-refractivity contribution >= 4 is 6.09 Å². The Kier molecular flexibility index (Phi) is 3.81. The van der Waals surface area contributed by atoms with E-state index < -0.39 is 0 Å². The van der Waals surface area contributed by atoms with Crippen molar-refractivity contribution in [2.75, 3.05) is 13.1 Å². The lowest BCUT2D eigenvalue weighted by Gasteiger charge is -2.25. The van der Waals surface area contributed by atoms with Crippen LogP contribution in [-0.2, 0) is 11.3 Å². The Bertz CT molecular complexity index is 331. The zero-order chi connectivity index (χ0) is 11.2. The molecular formula is C13H16NO2. The van der Waals surface area contributed by atoms with E-state index in [1.165, 1.54) is 0 Å². The first-order chi connectivity index (χ1) is 7.86. The number of hydrogen-bond donors (Lipinski definition) is 0. The van der Waals surface area contributed by atoms with Crippen LogP contribution in [0.1, 0.15) is 18.4 Å². The smallest absolute Gasteiger partial charge is 0.410 e. The Morgan fingerprint density at radius 3 is 2.81 bits per heavy atom. The number of likely N-dealkylation sites (tertiary alicyclic amines) is 1. The summed E-state index contributed by atoms with van der Waals surface area (Å²) in [5.41, 5.74) is 1.02. The summed E-state index contributed by atoms with van der Waals surface area (Å²) in [6, 6.07) is 9.74. The number of nitrogens with zero attached hydrogens (tertiary/aromatic N) is 1. The molecule has 2 rings (SSSR count). The molecule has 0 unspecified atom stereocenters. The van der Waals surface area contributed by atoms with Gasteiger partial charge in [0.15, 0.2) is 0 Å². The highest BCUT2D eigenvalue weighted by Gasteiger charge is 2.17. The van der Waals surface area contributed by atoms with Crippen molar-refractivity contribution in [3.63, 3.8) is 0 Å². The van der Waals surface area contributed by atoms with Gasteiger partial charge in [0.2, 0.25) is 0 Å². The van der Waals surface area contributed by atoms with Gasteiger partial charge in [0.05, 0.1) is 0 Å². The van der Waals surface area contributed by atoms with Crippen LogP contribution in [0.25, 0.3) is 0 Å². The maximum Gasteiger partial charge on any atom is 0.410 e. The first-order valence-corrected chi connectivity index (χ1v) is 5.63. The van der Waals surface area contributed by atoms with E-state index in [-0.39, 0.29) is 6.09 Å². The van der Waals surface area contributed by atoms with Gasteiger partial charge in [-0.2, -0.15) is 0 Å². The molecule has 85 valence electrons. The average molecular weight is 218 g/mol. The molecule has 16 heavy (non-hydrogen) atoms. The van der Waals surface area contributed by atoms with Gasteiger partial charge in [-0.25, -0.2) is 4.79 Å². The molecule has 1 aromatic carbocycles.